The van der Waals surface area contributed by atoms with Gasteiger partial charge in [0.2, 0.25) is 11.8 Å². The molecular formula is C14H17N3O3. The van der Waals surface area contributed by atoms with E-state index in [1.54, 1.807) is 18.9 Å². The summed E-state index contributed by atoms with van der Waals surface area (Å²) in [5, 5.41) is 7.97. The Kier molecular flexibility index (Phi) is 4.84. The Morgan fingerprint density at radius 1 is 1.30 bits per heavy atom. The average Bonchev–Trinajstić information content (AvgIpc) is 2.88. The van der Waals surface area contributed by atoms with Crippen LogP contribution in [0.3, 0.4) is 0 Å². The second kappa shape index (κ2) is 6.81. The Bertz CT molecular complexity index is 554. The van der Waals surface area contributed by atoms with Gasteiger partial charge < -0.3 is 9.15 Å². The van der Waals surface area contributed by atoms with Gasteiger partial charge in [-0.1, -0.05) is 18.2 Å². The predicted octanol–water partition coefficient (Wildman–Crippen LogP) is 1.73. The van der Waals surface area contributed by atoms with E-state index in [0.29, 0.717) is 24.9 Å². The Hall–Kier alpha value is -2.21. The maximum atomic E-state index is 11.3. The molecule has 0 atom stereocenters. The molecule has 106 valence electrons. The number of hydrogen-bond donors (Lipinski definition) is 0. The van der Waals surface area contributed by atoms with E-state index in [9.17, 15) is 4.79 Å². The van der Waals surface area contributed by atoms with Crippen LogP contribution in [0.2, 0.25) is 0 Å². The maximum Gasteiger partial charge on any atom is 0.320 e. The van der Waals surface area contributed by atoms with Gasteiger partial charge in [0, 0.05) is 5.56 Å². The average molecular weight is 275 g/mol. The minimum Gasteiger partial charge on any atom is -0.465 e. The lowest BCUT2D eigenvalue weighted by Gasteiger charge is -2.12. The summed E-state index contributed by atoms with van der Waals surface area (Å²) in [5.41, 5.74) is 0.874. The van der Waals surface area contributed by atoms with Crippen LogP contribution < -0.4 is 0 Å². The molecule has 1 heterocycles. The number of carbonyl (C=O) groups excluding carboxylic acids is 1. The van der Waals surface area contributed by atoms with E-state index < -0.39 is 0 Å². The zero-order valence-corrected chi connectivity index (χ0v) is 11.6. The van der Waals surface area contributed by atoms with Crippen molar-refractivity contribution in [1.82, 2.24) is 15.1 Å². The molecule has 2 rings (SSSR count). The van der Waals surface area contributed by atoms with Crippen LogP contribution in [0.1, 0.15) is 12.8 Å². The molecule has 0 aliphatic carbocycles. The molecule has 0 aliphatic rings. The number of likely N-dealkylation sites (N-methyl/N-ethyl adjacent to an activating group) is 1. The van der Waals surface area contributed by atoms with E-state index >= 15 is 0 Å². The highest BCUT2D eigenvalue weighted by atomic mass is 16.5. The molecule has 2 aromatic rings. The van der Waals surface area contributed by atoms with E-state index in [1.807, 2.05) is 30.3 Å². The van der Waals surface area contributed by atoms with E-state index in [-0.39, 0.29) is 12.5 Å². The number of nitrogens with zero attached hydrogens (tertiary/aromatic N) is 3. The van der Waals surface area contributed by atoms with Crippen LogP contribution in [-0.4, -0.2) is 41.3 Å². The fourth-order valence-corrected chi connectivity index (χ4v) is 1.73. The number of aromatic nitrogens is 2. The van der Waals surface area contributed by atoms with Crippen LogP contribution in [0.15, 0.2) is 34.7 Å². The van der Waals surface area contributed by atoms with Crippen LogP contribution in [0, 0.1) is 0 Å². The molecular weight excluding hydrogens is 258 g/mol. The molecule has 0 fully saturated rings. The van der Waals surface area contributed by atoms with Crippen LogP contribution in [0.5, 0.6) is 0 Å². The van der Waals surface area contributed by atoms with Crippen LogP contribution in [0.25, 0.3) is 11.5 Å². The van der Waals surface area contributed by atoms with E-state index in [4.69, 9.17) is 9.15 Å². The maximum absolute atomic E-state index is 11.3. The fourth-order valence-electron chi connectivity index (χ4n) is 1.73. The van der Waals surface area contributed by atoms with Crippen LogP contribution >= 0.6 is 0 Å². The van der Waals surface area contributed by atoms with Gasteiger partial charge in [-0.2, -0.15) is 0 Å². The predicted molar refractivity (Wildman–Crippen MR) is 72.7 cm³/mol. The smallest absolute Gasteiger partial charge is 0.320 e. The molecule has 0 unspecified atom stereocenters. The molecule has 0 N–H and O–H groups in total. The van der Waals surface area contributed by atoms with Crippen molar-refractivity contribution in [2.75, 3.05) is 20.2 Å². The second-order valence-corrected chi connectivity index (χ2v) is 4.34. The minimum atomic E-state index is -0.266. The lowest BCUT2D eigenvalue weighted by atomic mass is 10.2. The van der Waals surface area contributed by atoms with Crippen molar-refractivity contribution in [1.29, 1.82) is 0 Å². The largest absolute Gasteiger partial charge is 0.465 e. The summed E-state index contributed by atoms with van der Waals surface area (Å²) in [4.78, 5) is 13.1. The lowest BCUT2D eigenvalue weighted by Crippen LogP contribution is -2.27. The van der Waals surface area contributed by atoms with Crippen LogP contribution in [-0.2, 0) is 16.1 Å². The summed E-state index contributed by atoms with van der Waals surface area (Å²) >= 11 is 0. The molecule has 1 aromatic carbocycles. The van der Waals surface area contributed by atoms with Crippen molar-refractivity contribution in [3.8, 4) is 11.5 Å². The zero-order chi connectivity index (χ0) is 14.4. The first kappa shape index (κ1) is 14.2. The third kappa shape index (κ3) is 3.89. The fraction of sp³-hybridized carbons (Fsp3) is 0.357. The lowest BCUT2D eigenvalue weighted by molar-refractivity contribution is -0.144. The number of ether oxygens (including phenoxy) is 1. The van der Waals surface area contributed by atoms with Gasteiger partial charge in [-0.3, -0.25) is 9.69 Å². The van der Waals surface area contributed by atoms with Gasteiger partial charge in [0.25, 0.3) is 0 Å². The third-order valence-corrected chi connectivity index (χ3v) is 2.60. The molecule has 0 bridgehead atoms. The third-order valence-electron chi connectivity index (χ3n) is 2.60. The summed E-state index contributed by atoms with van der Waals surface area (Å²) in [6, 6.07) is 9.55. The number of carbonyl (C=O) groups is 1. The number of esters is 1. The van der Waals surface area contributed by atoms with E-state index in [2.05, 4.69) is 10.2 Å². The van der Waals surface area contributed by atoms with Gasteiger partial charge in [-0.15, -0.1) is 10.2 Å². The quantitative estimate of drug-likeness (QED) is 0.748. The summed E-state index contributed by atoms with van der Waals surface area (Å²) in [6.07, 6.45) is 0. The van der Waals surface area contributed by atoms with Crippen molar-refractivity contribution in [2.24, 2.45) is 0 Å². The standard InChI is InChI=1S/C14H17N3O3/c1-3-19-13(18)10-17(2)9-12-15-16-14(20-12)11-7-5-4-6-8-11/h4-8H,3,9-10H2,1-2H3. The van der Waals surface area contributed by atoms with Gasteiger partial charge >= 0.3 is 5.97 Å². The van der Waals surface area contributed by atoms with Crippen molar-refractivity contribution < 1.29 is 13.9 Å². The van der Waals surface area contributed by atoms with Crippen molar-refractivity contribution >= 4 is 5.97 Å². The highest BCUT2D eigenvalue weighted by Gasteiger charge is 2.13. The Morgan fingerprint density at radius 2 is 2.05 bits per heavy atom. The normalized spacial score (nSPS) is 10.8. The monoisotopic (exact) mass is 275 g/mol. The summed E-state index contributed by atoms with van der Waals surface area (Å²) in [6.45, 7) is 2.75. The zero-order valence-electron chi connectivity index (χ0n) is 11.6. The van der Waals surface area contributed by atoms with E-state index in [0.717, 1.165) is 5.56 Å². The van der Waals surface area contributed by atoms with Gasteiger partial charge in [0.05, 0.1) is 19.7 Å². The number of hydrogen-bond acceptors (Lipinski definition) is 6. The second-order valence-electron chi connectivity index (χ2n) is 4.34. The minimum absolute atomic E-state index is 0.191. The van der Waals surface area contributed by atoms with Gasteiger partial charge in [-0.25, -0.2) is 0 Å². The van der Waals surface area contributed by atoms with Crippen molar-refractivity contribution in [3.05, 3.63) is 36.2 Å². The first-order valence-electron chi connectivity index (χ1n) is 6.41. The Morgan fingerprint density at radius 3 is 2.75 bits per heavy atom. The van der Waals surface area contributed by atoms with Gasteiger partial charge in [0.15, 0.2) is 0 Å². The molecule has 0 saturated heterocycles. The Balaban J connectivity index is 1.94. The molecule has 20 heavy (non-hydrogen) atoms. The summed E-state index contributed by atoms with van der Waals surface area (Å²) in [5.74, 6) is 0.679. The highest BCUT2D eigenvalue weighted by Crippen LogP contribution is 2.17. The number of benzene rings is 1. The van der Waals surface area contributed by atoms with Crippen LogP contribution in [0.4, 0.5) is 0 Å². The van der Waals surface area contributed by atoms with E-state index in [1.165, 1.54) is 0 Å². The first-order chi connectivity index (χ1) is 9.69. The molecule has 0 spiro atoms. The molecule has 1 aromatic heterocycles. The molecule has 0 amide bonds. The summed E-state index contributed by atoms with van der Waals surface area (Å²) < 4.78 is 10.4. The molecule has 6 heteroatoms. The molecule has 6 nitrogen and oxygen atoms in total. The van der Waals surface area contributed by atoms with Crippen molar-refractivity contribution in [2.45, 2.75) is 13.5 Å². The topological polar surface area (TPSA) is 68.5 Å². The van der Waals surface area contributed by atoms with Crippen molar-refractivity contribution in [3.63, 3.8) is 0 Å². The SMILES string of the molecule is CCOC(=O)CN(C)Cc1nnc(-c2ccccc2)o1. The number of rotatable bonds is 6. The first-order valence-corrected chi connectivity index (χ1v) is 6.41. The molecule has 0 aliphatic heterocycles. The Labute approximate surface area is 117 Å². The molecule has 0 radical (unpaired) electrons. The van der Waals surface area contributed by atoms with Gasteiger partial charge in [0.1, 0.15) is 0 Å². The summed E-state index contributed by atoms with van der Waals surface area (Å²) in [7, 11) is 1.79. The molecule has 0 saturated carbocycles. The highest BCUT2D eigenvalue weighted by molar-refractivity contribution is 5.71. The van der Waals surface area contributed by atoms with Gasteiger partial charge in [-0.05, 0) is 26.1 Å².